The normalized spacial score (nSPS) is 10.6. The number of fused-ring (bicyclic) bond motifs is 1. The first-order valence-electron chi connectivity index (χ1n) is 5.62. The summed E-state index contributed by atoms with van der Waals surface area (Å²) in [5.74, 6) is 0.422. The fourth-order valence-corrected chi connectivity index (χ4v) is 1.79. The quantitative estimate of drug-likeness (QED) is 0.747. The van der Waals surface area contributed by atoms with Gasteiger partial charge < -0.3 is 9.72 Å². The molecule has 1 N–H and O–H groups in total. The van der Waals surface area contributed by atoms with Crippen molar-refractivity contribution in [2.45, 2.75) is 0 Å². The van der Waals surface area contributed by atoms with E-state index in [0.717, 1.165) is 5.39 Å². The summed E-state index contributed by atoms with van der Waals surface area (Å²) in [6.07, 6.45) is 6.26. The van der Waals surface area contributed by atoms with Crippen molar-refractivity contribution >= 4 is 10.8 Å². The monoisotopic (exact) mass is 254 g/mol. The van der Waals surface area contributed by atoms with Crippen molar-refractivity contribution in [2.75, 3.05) is 7.11 Å². The van der Waals surface area contributed by atoms with Crippen molar-refractivity contribution < 1.29 is 4.74 Å². The van der Waals surface area contributed by atoms with Crippen LogP contribution < -0.4 is 10.3 Å². The molecule has 6 heteroatoms. The van der Waals surface area contributed by atoms with Crippen molar-refractivity contribution in [3.8, 4) is 17.3 Å². The molecule has 94 valence electrons. The number of hydrogen-bond donors (Lipinski definition) is 1. The van der Waals surface area contributed by atoms with E-state index in [9.17, 15) is 4.79 Å². The third-order valence-corrected chi connectivity index (χ3v) is 2.74. The Labute approximate surface area is 108 Å². The van der Waals surface area contributed by atoms with Crippen molar-refractivity contribution in [3.05, 3.63) is 47.3 Å². The Kier molecular flexibility index (Phi) is 2.68. The molecule has 0 aliphatic heterocycles. The maximum Gasteiger partial charge on any atom is 0.257 e. The van der Waals surface area contributed by atoms with Crippen LogP contribution in [0.1, 0.15) is 0 Å². The predicted molar refractivity (Wildman–Crippen MR) is 69.9 cm³/mol. The lowest BCUT2D eigenvalue weighted by molar-refractivity contribution is 0.396. The highest BCUT2D eigenvalue weighted by molar-refractivity contribution is 5.83. The van der Waals surface area contributed by atoms with Crippen LogP contribution in [0.5, 0.6) is 5.88 Å². The fourth-order valence-electron chi connectivity index (χ4n) is 1.79. The van der Waals surface area contributed by atoms with Gasteiger partial charge in [-0.2, -0.15) is 0 Å². The second-order valence-corrected chi connectivity index (χ2v) is 3.91. The van der Waals surface area contributed by atoms with E-state index >= 15 is 0 Å². The van der Waals surface area contributed by atoms with Gasteiger partial charge in [-0.05, 0) is 17.5 Å². The Bertz CT molecular complexity index is 798. The maximum atomic E-state index is 11.6. The second kappa shape index (κ2) is 4.49. The van der Waals surface area contributed by atoms with E-state index in [0.29, 0.717) is 22.7 Å². The van der Waals surface area contributed by atoms with Crippen LogP contribution in [0.3, 0.4) is 0 Å². The molecule has 0 bridgehead atoms. The molecule has 0 spiro atoms. The number of pyridine rings is 2. The molecule has 0 saturated heterocycles. The Morgan fingerprint density at radius 2 is 2.11 bits per heavy atom. The average Bonchev–Trinajstić information content (AvgIpc) is 2.47. The highest BCUT2D eigenvalue weighted by Gasteiger charge is 2.06. The zero-order valence-electron chi connectivity index (χ0n) is 10.1. The number of H-pyrrole nitrogens is 1. The first-order valence-corrected chi connectivity index (χ1v) is 5.62. The Morgan fingerprint density at radius 1 is 1.21 bits per heavy atom. The summed E-state index contributed by atoms with van der Waals surface area (Å²) in [6, 6.07) is 3.61. The number of ether oxygens (including phenoxy) is 1. The van der Waals surface area contributed by atoms with E-state index in [1.54, 1.807) is 18.5 Å². The Balaban J connectivity index is 2.17. The molecule has 0 aliphatic rings. The summed E-state index contributed by atoms with van der Waals surface area (Å²) >= 11 is 0. The first-order chi connectivity index (χ1) is 9.28. The van der Waals surface area contributed by atoms with Crippen LogP contribution in [-0.2, 0) is 0 Å². The molecule has 0 unspecified atom stereocenters. The lowest BCUT2D eigenvalue weighted by Gasteiger charge is -2.03. The number of nitrogens with zero attached hydrogens (tertiary/aromatic N) is 3. The van der Waals surface area contributed by atoms with Gasteiger partial charge in [-0.3, -0.25) is 14.8 Å². The van der Waals surface area contributed by atoms with Gasteiger partial charge in [-0.1, -0.05) is 0 Å². The Morgan fingerprint density at radius 3 is 2.95 bits per heavy atom. The van der Waals surface area contributed by atoms with E-state index < -0.39 is 0 Å². The van der Waals surface area contributed by atoms with Crippen LogP contribution in [0.25, 0.3) is 22.2 Å². The molecule has 0 amide bonds. The van der Waals surface area contributed by atoms with Crippen LogP contribution in [0.15, 0.2) is 41.7 Å². The van der Waals surface area contributed by atoms with Gasteiger partial charge in [0.05, 0.1) is 30.6 Å². The van der Waals surface area contributed by atoms with E-state index in [2.05, 4.69) is 19.9 Å². The molecule has 0 radical (unpaired) electrons. The molecule has 3 aromatic rings. The summed E-state index contributed by atoms with van der Waals surface area (Å²) in [7, 11) is 1.53. The second-order valence-electron chi connectivity index (χ2n) is 3.91. The number of aromatic amines is 1. The van der Waals surface area contributed by atoms with E-state index in [-0.39, 0.29) is 5.56 Å². The third-order valence-electron chi connectivity index (χ3n) is 2.74. The van der Waals surface area contributed by atoms with E-state index in [1.165, 1.54) is 19.5 Å². The van der Waals surface area contributed by atoms with Crippen molar-refractivity contribution in [1.29, 1.82) is 0 Å². The van der Waals surface area contributed by atoms with Gasteiger partial charge in [-0.15, -0.1) is 0 Å². The summed E-state index contributed by atoms with van der Waals surface area (Å²) in [5, 5.41) is 1.35. The smallest absolute Gasteiger partial charge is 0.257 e. The van der Waals surface area contributed by atoms with E-state index in [1.807, 2.05) is 6.07 Å². The van der Waals surface area contributed by atoms with Crippen molar-refractivity contribution in [1.82, 2.24) is 19.9 Å². The lowest BCUT2D eigenvalue weighted by atomic mass is 10.2. The SMILES string of the molecule is COc1cncc(-c2cc3cc[nH]c(=O)c3cn2)n1. The maximum absolute atomic E-state index is 11.6. The number of hydrogen-bond acceptors (Lipinski definition) is 5. The van der Waals surface area contributed by atoms with Gasteiger partial charge in [0.25, 0.3) is 5.56 Å². The van der Waals surface area contributed by atoms with Crippen molar-refractivity contribution in [2.24, 2.45) is 0 Å². The fraction of sp³-hybridized carbons (Fsp3) is 0.0769. The topological polar surface area (TPSA) is 80.8 Å². The predicted octanol–water partition coefficient (Wildman–Crippen LogP) is 1.39. The first kappa shape index (κ1) is 11.3. The highest BCUT2D eigenvalue weighted by atomic mass is 16.5. The van der Waals surface area contributed by atoms with Crippen LogP contribution in [0.2, 0.25) is 0 Å². The van der Waals surface area contributed by atoms with E-state index in [4.69, 9.17) is 4.74 Å². The van der Waals surface area contributed by atoms with Crippen LogP contribution in [-0.4, -0.2) is 27.0 Å². The van der Waals surface area contributed by atoms with Gasteiger partial charge in [0.2, 0.25) is 5.88 Å². The van der Waals surface area contributed by atoms with Crippen LogP contribution >= 0.6 is 0 Å². The molecule has 0 atom stereocenters. The van der Waals surface area contributed by atoms with Gasteiger partial charge in [-0.25, -0.2) is 4.98 Å². The third kappa shape index (κ3) is 2.03. The van der Waals surface area contributed by atoms with Crippen LogP contribution in [0.4, 0.5) is 0 Å². The average molecular weight is 254 g/mol. The molecular weight excluding hydrogens is 244 g/mol. The lowest BCUT2D eigenvalue weighted by Crippen LogP contribution is -2.05. The van der Waals surface area contributed by atoms with Gasteiger partial charge >= 0.3 is 0 Å². The molecule has 0 aliphatic carbocycles. The number of methoxy groups -OCH3 is 1. The minimum absolute atomic E-state index is 0.159. The molecule has 3 rings (SSSR count). The molecule has 19 heavy (non-hydrogen) atoms. The van der Waals surface area contributed by atoms with Gasteiger partial charge in [0, 0.05) is 12.4 Å². The zero-order chi connectivity index (χ0) is 13.2. The number of aromatic nitrogens is 4. The molecule has 0 saturated carbocycles. The number of rotatable bonds is 2. The molecule has 0 fully saturated rings. The molecule has 6 nitrogen and oxygen atoms in total. The molecular formula is C13H10N4O2. The standard InChI is InChI=1S/C13H10N4O2/c1-19-12-7-14-6-11(17-12)10-4-8-2-3-15-13(18)9(8)5-16-10/h2-7H,1H3,(H,15,18). The zero-order valence-corrected chi connectivity index (χ0v) is 10.1. The highest BCUT2D eigenvalue weighted by Crippen LogP contribution is 2.19. The van der Waals surface area contributed by atoms with Gasteiger partial charge in [0.15, 0.2) is 0 Å². The van der Waals surface area contributed by atoms with Gasteiger partial charge in [0.1, 0.15) is 5.69 Å². The molecule has 3 heterocycles. The summed E-state index contributed by atoms with van der Waals surface area (Å²) in [4.78, 5) is 26.7. The molecule has 3 aromatic heterocycles. The molecule has 0 aromatic carbocycles. The summed E-state index contributed by atoms with van der Waals surface area (Å²) < 4.78 is 5.03. The van der Waals surface area contributed by atoms with Crippen LogP contribution in [0, 0.1) is 0 Å². The minimum atomic E-state index is -0.159. The summed E-state index contributed by atoms with van der Waals surface area (Å²) in [5.41, 5.74) is 1.08. The Hall–Kier alpha value is -2.76. The summed E-state index contributed by atoms with van der Waals surface area (Å²) in [6.45, 7) is 0. The minimum Gasteiger partial charge on any atom is -0.480 e. The van der Waals surface area contributed by atoms with Crippen molar-refractivity contribution in [3.63, 3.8) is 0 Å². The largest absolute Gasteiger partial charge is 0.480 e. The number of nitrogens with one attached hydrogen (secondary N) is 1.